The molecule has 0 saturated heterocycles. The summed E-state index contributed by atoms with van der Waals surface area (Å²) >= 11 is 0. The molecular formula is C25H14N2O2. The van der Waals surface area contributed by atoms with Crippen LogP contribution in [0.2, 0.25) is 0 Å². The van der Waals surface area contributed by atoms with Crippen LogP contribution in [0.3, 0.4) is 0 Å². The second-order valence-electron chi connectivity index (χ2n) is 7.09. The van der Waals surface area contributed by atoms with Gasteiger partial charge in [-0.25, -0.2) is 0 Å². The van der Waals surface area contributed by atoms with E-state index in [2.05, 4.69) is 34.5 Å². The molecule has 136 valence electrons. The zero-order chi connectivity index (χ0) is 19.4. The Hall–Kier alpha value is -4.05. The molecule has 0 unspecified atom stereocenters. The molecule has 0 aliphatic heterocycles. The number of aromatic nitrogens is 2. The Labute approximate surface area is 166 Å². The van der Waals surface area contributed by atoms with Gasteiger partial charge in [0.25, 0.3) is 0 Å². The van der Waals surface area contributed by atoms with Crippen LogP contribution in [-0.4, -0.2) is 16.0 Å². The van der Waals surface area contributed by atoms with E-state index in [-0.39, 0.29) is 5.78 Å². The molecule has 0 radical (unpaired) electrons. The summed E-state index contributed by atoms with van der Waals surface area (Å²) in [5.41, 5.74) is 6.52. The third-order valence-electron chi connectivity index (χ3n) is 5.55. The molecule has 0 atom stereocenters. The number of carbonyl (C=O) groups is 1. The second kappa shape index (κ2) is 5.97. The van der Waals surface area contributed by atoms with Gasteiger partial charge in [-0.1, -0.05) is 66.7 Å². The molecule has 4 aromatic carbocycles. The smallest absolute Gasteiger partial charge is 0.248 e. The van der Waals surface area contributed by atoms with Crippen LogP contribution in [0.5, 0.6) is 0 Å². The van der Waals surface area contributed by atoms with Crippen molar-refractivity contribution in [2.75, 3.05) is 0 Å². The van der Waals surface area contributed by atoms with Gasteiger partial charge in [0.1, 0.15) is 0 Å². The van der Waals surface area contributed by atoms with Crippen molar-refractivity contribution in [1.82, 2.24) is 10.2 Å². The molecule has 5 aromatic rings. The Bertz CT molecular complexity index is 1420. The van der Waals surface area contributed by atoms with E-state index in [4.69, 9.17) is 4.42 Å². The molecule has 1 aliphatic rings. The van der Waals surface area contributed by atoms with Crippen molar-refractivity contribution in [3.8, 4) is 33.7 Å². The SMILES string of the molecule is O=C1c2ccccc2-c2ccc(-c3ccc(-c4nnco4)c4ccccc34)cc21. The minimum atomic E-state index is 0.0873. The molecule has 0 spiro atoms. The quantitative estimate of drug-likeness (QED) is 0.386. The fourth-order valence-corrected chi connectivity index (χ4v) is 4.22. The maximum atomic E-state index is 12.9. The first kappa shape index (κ1) is 16.0. The number of rotatable bonds is 2. The highest BCUT2D eigenvalue weighted by Crippen LogP contribution is 2.40. The van der Waals surface area contributed by atoms with Gasteiger partial charge in [-0.2, -0.15) is 0 Å². The van der Waals surface area contributed by atoms with Crippen molar-refractivity contribution < 1.29 is 9.21 Å². The third-order valence-corrected chi connectivity index (χ3v) is 5.55. The van der Waals surface area contributed by atoms with Crippen molar-refractivity contribution in [2.24, 2.45) is 0 Å². The predicted octanol–water partition coefficient (Wildman–Crippen LogP) is 5.77. The molecule has 0 N–H and O–H groups in total. The fraction of sp³-hybridized carbons (Fsp3) is 0. The second-order valence-corrected chi connectivity index (χ2v) is 7.09. The topological polar surface area (TPSA) is 56.0 Å². The molecule has 4 heteroatoms. The largest absolute Gasteiger partial charge is 0.423 e. The van der Waals surface area contributed by atoms with Gasteiger partial charge < -0.3 is 4.42 Å². The van der Waals surface area contributed by atoms with Gasteiger partial charge >= 0.3 is 0 Å². The summed E-state index contributed by atoms with van der Waals surface area (Å²) in [6.45, 7) is 0. The molecule has 0 bridgehead atoms. The molecule has 0 amide bonds. The Morgan fingerprint density at radius 3 is 2.07 bits per heavy atom. The minimum absolute atomic E-state index is 0.0873. The van der Waals surface area contributed by atoms with Gasteiger partial charge in [0.05, 0.1) is 0 Å². The standard InChI is InChI=1S/C25H14N2O2/c28-24-21-8-4-3-6-18(21)20-10-9-15(13-23(20)24)16-11-12-22(25-27-26-14-29-25)19-7-2-1-5-17(16)19/h1-14H. The maximum Gasteiger partial charge on any atom is 0.248 e. The maximum absolute atomic E-state index is 12.9. The summed E-state index contributed by atoms with van der Waals surface area (Å²) in [6, 6.07) is 26.1. The molecule has 29 heavy (non-hydrogen) atoms. The van der Waals surface area contributed by atoms with Crippen LogP contribution in [0.4, 0.5) is 0 Å². The van der Waals surface area contributed by atoms with Gasteiger partial charge in [-0.3, -0.25) is 4.79 Å². The lowest BCUT2D eigenvalue weighted by Crippen LogP contribution is -1.95. The van der Waals surface area contributed by atoms with Crippen LogP contribution in [0.15, 0.2) is 89.7 Å². The highest BCUT2D eigenvalue weighted by atomic mass is 16.4. The number of hydrogen-bond acceptors (Lipinski definition) is 4. The van der Waals surface area contributed by atoms with E-state index in [0.29, 0.717) is 5.89 Å². The highest BCUT2D eigenvalue weighted by Gasteiger charge is 2.26. The van der Waals surface area contributed by atoms with Crippen molar-refractivity contribution in [2.45, 2.75) is 0 Å². The van der Waals surface area contributed by atoms with E-state index in [1.807, 2.05) is 54.6 Å². The van der Waals surface area contributed by atoms with E-state index in [1.165, 1.54) is 6.39 Å². The fourth-order valence-electron chi connectivity index (χ4n) is 4.22. The summed E-state index contributed by atoms with van der Waals surface area (Å²) in [5, 5.41) is 9.96. The lowest BCUT2D eigenvalue weighted by molar-refractivity contribution is 0.104. The molecule has 1 aliphatic carbocycles. The van der Waals surface area contributed by atoms with Gasteiger partial charge in [0.15, 0.2) is 5.78 Å². The van der Waals surface area contributed by atoms with Crippen LogP contribution in [0, 0.1) is 0 Å². The van der Waals surface area contributed by atoms with E-state index < -0.39 is 0 Å². The molecule has 1 aromatic heterocycles. The molecule has 1 heterocycles. The molecule has 4 nitrogen and oxygen atoms in total. The number of hydrogen-bond donors (Lipinski definition) is 0. The van der Waals surface area contributed by atoms with Gasteiger partial charge in [-0.15, -0.1) is 10.2 Å². The summed E-state index contributed by atoms with van der Waals surface area (Å²) in [5.74, 6) is 0.580. The molecule has 0 fully saturated rings. The summed E-state index contributed by atoms with van der Waals surface area (Å²) in [6.07, 6.45) is 1.34. The Balaban J connectivity index is 1.56. The summed E-state index contributed by atoms with van der Waals surface area (Å²) < 4.78 is 5.42. The Kier molecular flexibility index (Phi) is 3.29. The van der Waals surface area contributed by atoms with E-state index in [9.17, 15) is 4.79 Å². The van der Waals surface area contributed by atoms with Gasteiger partial charge in [-0.05, 0) is 45.2 Å². The normalized spacial score (nSPS) is 12.2. The predicted molar refractivity (Wildman–Crippen MR) is 112 cm³/mol. The zero-order valence-electron chi connectivity index (χ0n) is 15.3. The molecule has 6 rings (SSSR count). The zero-order valence-corrected chi connectivity index (χ0v) is 15.3. The summed E-state index contributed by atoms with van der Waals surface area (Å²) in [7, 11) is 0. The highest BCUT2D eigenvalue weighted by molar-refractivity contribution is 6.22. The lowest BCUT2D eigenvalue weighted by Gasteiger charge is -2.11. The van der Waals surface area contributed by atoms with Crippen molar-refractivity contribution in [1.29, 1.82) is 0 Å². The minimum Gasteiger partial charge on any atom is -0.423 e. The molecule has 0 saturated carbocycles. The van der Waals surface area contributed by atoms with Crippen LogP contribution in [0.1, 0.15) is 15.9 Å². The summed E-state index contributed by atoms with van der Waals surface area (Å²) in [4.78, 5) is 12.9. The monoisotopic (exact) mass is 374 g/mol. The van der Waals surface area contributed by atoms with Crippen LogP contribution >= 0.6 is 0 Å². The average molecular weight is 374 g/mol. The number of carbonyl (C=O) groups excluding carboxylic acids is 1. The van der Waals surface area contributed by atoms with Crippen LogP contribution < -0.4 is 0 Å². The first-order chi connectivity index (χ1) is 14.3. The van der Waals surface area contributed by atoms with Crippen molar-refractivity contribution >= 4 is 16.6 Å². The van der Waals surface area contributed by atoms with E-state index in [1.54, 1.807) is 0 Å². The number of nitrogens with zero attached hydrogens (tertiary/aromatic N) is 2. The Morgan fingerprint density at radius 1 is 0.621 bits per heavy atom. The first-order valence-corrected chi connectivity index (χ1v) is 9.38. The van der Waals surface area contributed by atoms with Crippen molar-refractivity contribution in [3.05, 3.63) is 96.4 Å². The number of fused-ring (bicyclic) bond motifs is 4. The lowest BCUT2D eigenvalue weighted by atomic mass is 9.93. The molecular weight excluding hydrogens is 360 g/mol. The third kappa shape index (κ3) is 2.29. The van der Waals surface area contributed by atoms with E-state index >= 15 is 0 Å². The van der Waals surface area contributed by atoms with Crippen molar-refractivity contribution in [3.63, 3.8) is 0 Å². The number of ketones is 1. The van der Waals surface area contributed by atoms with Crippen LogP contribution in [-0.2, 0) is 0 Å². The number of benzene rings is 4. The van der Waals surface area contributed by atoms with Gasteiger partial charge in [0, 0.05) is 16.7 Å². The average Bonchev–Trinajstić information content (AvgIpc) is 3.41. The van der Waals surface area contributed by atoms with Crippen LogP contribution in [0.25, 0.3) is 44.5 Å². The van der Waals surface area contributed by atoms with Gasteiger partial charge in [0.2, 0.25) is 12.3 Å². The Morgan fingerprint density at radius 2 is 1.28 bits per heavy atom. The first-order valence-electron chi connectivity index (χ1n) is 9.38. The van der Waals surface area contributed by atoms with E-state index in [0.717, 1.165) is 49.7 Å².